The maximum atomic E-state index is 12.4. The molecule has 136 valence electrons. The second-order valence-corrected chi connectivity index (χ2v) is 7.02. The molecule has 1 aromatic rings. The van der Waals surface area contributed by atoms with Crippen molar-refractivity contribution in [3.63, 3.8) is 0 Å². The molecule has 0 spiro atoms. The van der Waals surface area contributed by atoms with Crippen LogP contribution in [-0.4, -0.2) is 42.5 Å². The fraction of sp³-hybridized carbons (Fsp3) is 0.611. The van der Waals surface area contributed by atoms with Gasteiger partial charge in [-0.15, -0.1) is 0 Å². The Labute approximate surface area is 147 Å². The Hall–Kier alpha value is -2.15. The van der Waals surface area contributed by atoms with Crippen molar-refractivity contribution in [2.24, 2.45) is 11.8 Å². The molecule has 1 aliphatic heterocycles. The van der Waals surface area contributed by atoms with Gasteiger partial charge in [0.1, 0.15) is 11.4 Å². The van der Waals surface area contributed by atoms with Crippen LogP contribution in [0.2, 0.25) is 0 Å². The van der Waals surface area contributed by atoms with Crippen LogP contribution in [0.3, 0.4) is 0 Å². The van der Waals surface area contributed by atoms with Crippen molar-refractivity contribution in [3.05, 3.63) is 28.3 Å². The lowest BCUT2D eigenvalue weighted by atomic mass is 9.75. The normalized spacial score (nSPS) is 23.6. The molecule has 1 saturated heterocycles. The molecule has 7 nitrogen and oxygen atoms in total. The van der Waals surface area contributed by atoms with Gasteiger partial charge in [-0.25, -0.2) is 0 Å². The molecule has 0 bridgehead atoms. The SMILES string of the molecule is COc1ccc(NC(=O)CN2CC[C@H]3CCCC[C@@H]3C2)c([N+](=O)[O-])c1. The number of methoxy groups -OCH3 is 1. The van der Waals surface area contributed by atoms with E-state index < -0.39 is 4.92 Å². The van der Waals surface area contributed by atoms with Gasteiger partial charge in [0.05, 0.1) is 24.6 Å². The number of anilines is 1. The molecule has 1 aliphatic carbocycles. The third-order valence-corrected chi connectivity index (χ3v) is 5.42. The predicted molar refractivity (Wildman–Crippen MR) is 94.8 cm³/mol. The van der Waals surface area contributed by atoms with Gasteiger partial charge in [0.25, 0.3) is 5.69 Å². The highest BCUT2D eigenvalue weighted by atomic mass is 16.6. The van der Waals surface area contributed by atoms with Crippen molar-refractivity contribution in [2.45, 2.75) is 32.1 Å². The zero-order valence-corrected chi connectivity index (χ0v) is 14.6. The van der Waals surface area contributed by atoms with Crippen LogP contribution >= 0.6 is 0 Å². The molecule has 1 heterocycles. The molecule has 1 aromatic carbocycles. The van der Waals surface area contributed by atoms with E-state index in [1.165, 1.54) is 44.9 Å². The highest BCUT2D eigenvalue weighted by Gasteiger charge is 2.31. The van der Waals surface area contributed by atoms with Gasteiger partial charge in [-0.3, -0.25) is 19.8 Å². The first-order chi connectivity index (χ1) is 12.1. The van der Waals surface area contributed by atoms with E-state index in [2.05, 4.69) is 10.2 Å². The lowest BCUT2D eigenvalue weighted by Crippen LogP contribution is -2.44. The summed E-state index contributed by atoms with van der Waals surface area (Å²) in [6, 6.07) is 4.45. The third kappa shape index (κ3) is 4.28. The fourth-order valence-corrected chi connectivity index (χ4v) is 4.11. The van der Waals surface area contributed by atoms with Crippen LogP contribution in [0.4, 0.5) is 11.4 Å². The van der Waals surface area contributed by atoms with Gasteiger partial charge in [-0.05, 0) is 43.4 Å². The number of amides is 1. The van der Waals surface area contributed by atoms with Crippen molar-refractivity contribution in [1.82, 2.24) is 4.90 Å². The number of nitro benzene ring substituents is 1. The summed E-state index contributed by atoms with van der Waals surface area (Å²) in [5.41, 5.74) is 0.0574. The second-order valence-electron chi connectivity index (χ2n) is 7.02. The molecule has 0 aromatic heterocycles. The fourth-order valence-electron chi connectivity index (χ4n) is 4.11. The van der Waals surface area contributed by atoms with Gasteiger partial charge in [0, 0.05) is 6.54 Å². The Kier molecular flexibility index (Phi) is 5.53. The summed E-state index contributed by atoms with van der Waals surface area (Å²) in [5, 5.41) is 13.9. The Morgan fingerprint density at radius 1 is 1.32 bits per heavy atom. The highest BCUT2D eigenvalue weighted by molar-refractivity contribution is 5.94. The first-order valence-corrected chi connectivity index (χ1v) is 8.91. The Morgan fingerprint density at radius 3 is 2.80 bits per heavy atom. The van der Waals surface area contributed by atoms with Gasteiger partial charge >= 0.3 is 0 Å². The van der Waals surface area contributed by atoms with Crippen molar-refractivity contribution in [3.8, 4) is 5.75 Å². The number of piperidine rings is 1. The number of carbonyl (C=O) groups is 1. The summed E-state index contributed by atoms with van der Waals surface area (Å²) in [6.07, 6.45) is 6.36. The van der Waals surface area contributed by atoms with E-state index >= 15 is 0 Å². The van der Waals surface area contributed by atoms with Gasteiger partial charge < -0.3 is 10.1 Å². The van der Waals surface area contributed by atoms with Crippen LogP contribution in [0.15, 0.2) is 18.2 Å². The van der Waals surface area contributed by atoms with Crippen molar-refractivity contribution in [2.75, 3.05) is 32.1 Å². The zero-order valence-electron chi connectivity index (χ0n) is 14.6. The first-order valence-electron chi connectivity index (χ1n) is 8.91. The third-order valence-electron chi connectivity index (χ3n) is 5.42. The summed E-state index contributed by atoms with van der Waals surface area (Å²) in [4.78, 5) is 25.2. The Balaban J connectivity index is 1.60. The Morgan fingerprint density at radius 2 is 2.08 bits per heavy atom. The number of hydrogen-bond acceptors (Lipinski definition) is 5. The minimum absolute atomic E-state index is 0.154. The number of benzene rings is 1. The summed E-state index contributed by atoms with van der Waals surface area (Å²) in [7, 11) is 1.45. The van der Waals surface area contributed by atoms with E-state index in [9.17, 15) is 14.9 Å². The number of ether oxygens (including phenoxy) is 1. The number of likely N-dealkylation sites (tertiary alicyclic amines) is 1. The van der Waals surface area contributed by atoms with E-state index in [1.807, 2.05) is 0 Å². The lowest BCUT2D eigenvalue weighted by Gasteiger charge is -2.41. The van der Waals surface area contributed by atoms with Gasteiger partial charge in [0.15, 0.2) is 0 Å². The minimum Gasteiger partial charge on any atom is -0.496 e. The van der Waals surface area contributed by atoms with E-state index in [0.29, 0.717) is 11.7 Å². The van der Waals surface area contributed by atoms with Gasteiger partial charge in [-0.1, -0.05) is 19.3 Å². The van der Waals surface area contributed by atoms with Crippen molar-refractivity contribution < 1.29 is 14.5 Å². The van der Waals surface area contributed by atoms with Crippen LogP contribution in [0, 0.1) is 22.0 Å². The van der Waals surface area contributed by atoms with E-state index in [1.54, 1.807) is 6.07 Å². The average molecular weight is 347 g/mol. The molecule has 0 radical (unpaired) electrons. The van der Waals surface area contributed by atoms with Crippen LogP contribution < -0.4 is 10.1 Å². The standard InChI is InChI=1S/C18H25N3O4/c1-25-15-6-7-16(17(10-15)21(23)24)19-18(22)12-20-9-8-13-4-2-3-5-14(13)11-20/h6-7,10,13-14H,2-5,8-9,11-12H2,1H3,(H,19,22)/t13-,14-/m1/s1. The van der Waals surface area contributed by atoms with Gasteiger partial charge in [-0.2, -0.15) is 0 Å². The molecule has 2 fully saturated rings. The number of carbonyl (C=O) groups excluding carboxylic acids is 1. The molecule has 2 aliphatic rings. The molecule has 0 unspecified atom stereocenters. The number of rotatable bonds is 5. The first kappa shape index (κ1) is 17.7. The number of hydrogen-bond donors (Lipinski definition) is 1. The largest absolute Gasteiger partial charge is 0.496 e. The van der Waals surface area contributed by atoms with E-state index in [-0.39, 0.29) is 23.8 Å². The molecular weight excluding hydrogens is 322 g/mol. The summed E-state index contributed by atoms with van der Waals surface area (Å²) in [5.74, 6) is 1.70. The molecule has 1 amide bonds. The molecule has 25 heavy (non-hydrogen) atoms. The molecule has 3 rings (SSSR count). The Bertz CT molecular complexity index is 649. The molecule has 7 heteroatoms. The molecule has 2 atom stereocenters. The van der Waals surface area contributed by atoms with Crippen LogP contribution in [0.5, 0.6) is 5.75 Å². The number of nitrogens with one attached hydrogen (secondary N) is 1. The van der Waals surface area contributed by atoms with Crippen LogP contribution in [-0.2, 0) is 4.79 Å². The highest BCUT2D eigenvalue weighted by Crippen LogP contribution is 2.36. The zero-order chi connectivity index (χ0) is 17.8. The summed E-state index contributed by atoms with van der Waals surface area (Å²) < 4.78 is 5.01. The smallest absolute Gasteiger partial charge is 0.296 e. The van der Waals surface area contributed by atoms with Crippen LogP contribution in [0.25, 0.3) is 0 Å². The van der Waals surface area contributed by atoms with E-state index in [4.69, 9.17) is 4.74 Å². The minimum atomic E-state index is -0.508. The molecule has 1 N–H and O–H groups in total. The monoisotopic (exact) mass is 347 g/mol. The second kappa shape index (κ2) is 7.82. The summed E-state index contributed by atoms with van der Waals surface area (Å²) >= 11 is 0. The van der Waals surface area contributed by atoms with Crippen LogP contribution in [0.1, 0.15) is 32.1 Å². The maximum Gasteiger partial charge on any atom is 0.296 e. The van der Waals surface area contributed by atoms with Crippen molar-refractivity contribution in [1.29, 1.82) is 0 Å². The number of nitro groups is 1. The number of fused-ring (bicyclic) bond motifs is 1. The van der Waals surface area contributed by atoms with Gasteiger partial charge in [0.2, 0.25) is 5.91 Å². The molecule has 1 saturated carbocycles. The topological polar surface area (TPSA) is 84.7 Å². The van der Waals surface area contributed by atoms with Crippen molar-refractivity contribution >= 4 is 17.3 Å². The maximum absolute atomic E-state index is 12.4. The van der Waals surface area contributed by atoms with E-state index in [0.717, 1.165) is 25.4 Å². The lowest BCUT2D eigenvalue weighted by molar-refractivity contribution is -0.384. The molecular formula is C18H25N3O4. The number of nitrogens with zero attached hydrogens (tertiary/aromatic N) is 2. The average Bonchev–Trinajstić information content (AvgIpc) is 2.61. The quantitative estimate of drug-likeness (QED) is 0.654. The predicted octanol–water partition coefficient (Wildman–Crippen LogP) is 3.05. The summed E-state index contributed by atoms with van der Waals surface area (Å²) in [6.45, 7) is 2.18.